The Morgan fingerprint density at radius 1 is 1.13 bits per heavy atom. The van der Waals surface area contributed by atoms with Gasteiger partial charge in [0, 0.05) is 24.4 Å². The first kappa shape index (κ1) is 21.1. The molecule has 1 aromatic rings. The Bertz CT molecular complexity index is 973. The van der Waals surface area contributed by atoms with Crippen LogP contribution in [0.15, 0.2) is 84.5 Å². The van der Waals surface area contributed by atoms with E-state index >= 15 is 0 Å². The first-order chi connectivity index (χ1) is 15.2. The van der Waals surface area contributed by atoms with Crippen molar-refractivity contribution in [2.24, 2.45) is 17.8 Å². The van der Waals surface area contributed by atoms with Gasteiger partial charge in [0.2, 0.25) is 5.91 Å². The van der Waals surface area contributed by atoms with E-state index in [-0.39, 0.29) is 23.8 Å². The number of methoxy groups -OCH3 is 1. The van der Waals surface area contributed by atoms with E-state index in [9.17, 15) is 9.59 Å². The molecule has 0 fully saturated rings. The van der Waals surface area contributed by atoms with Crippen LogP contribution in [0, 0.1) is 17.8 Å². The molecule has 4 rings (SSSR count). The zero-order valence-corrected chi connectivity index (χ0v) is 17.6. The average Bonchev–Trinajstić information content (AvgIpc) is 2.82. The molecule has 0 saturated heterocycles. The Balaban J connectivity index is 1.37. The maximum atomic E-state index is 12.9. The topological polar surface area (TPSA) is 67.4 Å². The second kappa shape index (κ2) is 9.75. The number of rotatable bonds is 7. The van der Waals surface area contributed by atoms with Crippen molar-refractivity contribution >= 4 is 12.2 Å². The van der Waals surface area contributed by atoms with Gasteiger partial charge in [-0.2, -0.15) is 0 Å². The summed E-state index contributed by atoms with van der Waals surface area (Å²) < 4.78 is 5.42. The molecule has 0 aromatic heterocycles. The van der Waals surface area contributed by atoms with Gasteiger partial charge >= 0.3 is 0 Å². The first-order valence-corrected chi connectivity index (χ1v) is 10.7. The van der Waals surface area contributed by atoms with Crippen LogP contribution in [0.5, 0.6) is 5.75 Å². The van der Waals surface area contributed by atoms with Crippen LogP contribution in [0.4, 0.5) is 0 Å². The van der Waals surface area contributed by atoms with Gasteiger partial charge in [0.1, 0.15) is 12.0 Å². The number of nitrogens with one attached hydrogen (secondary N) is 2. The second-order valence-corrected chi connectivity index (χ2v) is 8.09. The van der Waals surface area contributed by atoms with Gasteiger partial charge < -0.3 is 20.2 Å². The normalized spacial score (nSPS) is 28.5. The fourth-order valence-electron chi connectivity index (χ4n) is 4.48. The summed E-state index contributed by atoms with van der Waals surface area (Å²) in [6.45, 7) is 0.538. The highest BCUT2D eigenvalue weighted by Crippen LogP contribution is 2.30. The summed E-state index contributed by atoms with van der Waals surface area (Å²) in [6.07, 6.45) is 20.0. The van der Waals surface area contributed by atoms with Gasteiger partial charge in [-0.05, 0) is 23.6 Å². The molecule has 2 N–H and O–H groups in total. The summed E-state index contributed by atoms with van der Waals surface area (Å²) in [5.41, 5.74) is 2.32. The minimum absolute atomic E-state index is 0.0383. The molecule has 1 aliphatic heterocycles. The molecule has 1 heterocycles. The number of fused-ring (bicyclic) bond motifs is 1. The van der Waals surface area contributed by atoms with E-state index in [1.165, 1.54) is 5.57 Å². The van der Waals surface area contributed by atoms with E-state index in [1.807, 2.05) is 54.6 Å². The number of ether oxygens (including phenoxy) is 1. The minimum Gasteiger partial charge on any atom is -0.496 e. The Labute approximate surface area is 183 Å². The largest absolute Gasteiger partial charge is 0.496 e. The lowest BCUT2D eigenvalue weighted by Crippen LogP contribution is -2.52. The third kappa shape index (κ3) is 4.78. The van der Waals surface area contributed by atoms with Crippen LogP contribution in [0.2, 0.25) is 0 Å². The van der Waals surface area contributed by atoms with E-state index in [1.54, 1.807) is 7.11 Å². The summed E-state index contributed by atoms with van der Waals surface area (Å²) >= 11 is 0. The number of allylic oxidation sites excluding steroid dienone is 7. The highest BCUT2D eigenvalue weighted by Gasteiger charge is 2.32. The van der Waals surface area contributed by atoms with Crippen LogP contribution in [-0.2, 0) is 16.0 Å². The van der Waals surface area contributed by atoms with Crippen molar-refractivity contribution in [2.75, 3.05) is 13.7 Å². The van der Waals surface area contributed by atoms with Crippen LogP contribution < -0.4 is 15.4 Å². The van der Waals surface area contributed by atoms with Crippen molar-refractivity contribution in [1.29, 1.82) is 0 Å². The van der Waals surface area contributed by atoms with Gasteiger partial charge in [-0.15, -0.1) is 0 Å². The number of hydrogen-bond acceptors (Lipinski definition) is 4. The summed E-state index contributed by atoms with van der Waals surface area (Å²) in [5.74, 6) is 0.661. The smallest absolute Gasteiger partial charge is 0.228 e. The fraction of sp³-hybridized carbons (Fsp3) is 0.308. The fourth-order valence-corrected chi connectivity index (χ4v) is 4.48. The SMILES string of the molecule is COc1ccccc1CC1C=CC(C(=O)NCC2C=CC=C3C=CC=CC32)C(C=O)N1. The number of carbonyl (C=O) groups excluding carboxylic acids is 2. The van der Waals surface area contributed by atoms with Gasteiger partial charge in [0.05, 0.1) is 19.1 Å². The Morgan fingerprint density at radius 2 is 2.00 bits per heavy atom. The molecule has 0 bridgehead atoms. The zero-order chi connectivity index (χ0) is 21.6. The Hall–Kier alpha value is -3.18. The molecule has 31 heavy (non-hydrogen) atoms. The van der Waals surface area contributed by atoms with Crippen molar-refractivity contribution in [3.8, 4) is 5.75 Å². The highest BCUT2D eigenvalue weighted by atomic mass is 16.5. The Kier molecular flexibility index (Phi) is 6.63. The Morgan fingerprint density at radius 3 is 2.84 bits per heavy atom. The van der Waals surface area contributed by atoms with Crippen molar-refractivity contribution in [1.82, 2.24) is 10.6 Å². The van der Waals surface area contributed by atoms with Crippen LogP contribution in [0.1, 0.15) is 5.56 Å². The molecule has 0 saturated carbocycles. The third-order valence-electron chi connectivity index (χ3n) is 6.15. The van der Waals surface area contributed by atoms with Crippen molar-refractivity contribution < 1.29 is 14.3 Å². The van der Waals surface area contributed by atoms with E-state index in [2.05, 4.69) is 34.9 Å². The van der Waals surface area contributed by atoms with Crippen molar-refractivity contribution in [2.45, 2.75) is 18.5 Å². The number of benzene rings is 1. The predicted octanol–water partition coefficient (Wildman–Crippen LogP) is 2.92. The number of amides is 1. The lowest BCUT2D eigenvalue weighted by Gasteiger charge is -2.31. The van der Waals surface area contributed by atoms with E-state index in [0.717, 1.165) is 17.6 Å². The number of aldehydes is 1. The van der Waals surface area contributed by atoms with Gasteiger partial charge in [-0.25, -0.2) is 0 Å². The molecule has 5 heteroatoms. The third-order valence-corrected chi connectivity index (χ3v) is 6.15. The minimum atomic E-state index is -0.556. The molecule has 160 valence electrons. The molecular formula is C26H28N2O3. The maximum absolute atomic E-state index is 12.9. The lowest BCUT2D eigenvalue weighted by atomic mass is 9.80. The van der Waals surface area contributed by atoms with Gasteiger partial charge in [-0.3, -0.25) is 4.79 Å². The number of hydrogen-bond donors (Lipinski definition) is 2. The molecule has 3 aliphatic rings. The van der Waals surface area contributed by atoms with Crippen molar-refractivity contribution in [3.63, 3.8) is 0 Å². The number of para-hydroxylation sites is 1. The molecule has 1 aromatic carbocycles. The van der Waals surface area contributed by atoms with Gasteiger partial charge in [0.25, 0.3) is 0 Å². The molecule has 5 unspecified atom stereocenters. The molecule has 1 amide bonds. The molecule has 5 atom stereocenters. The van der Waals surface area contributed by atoms with Crippen LogP contribution in [-0.4, -0.2) is 37.9 Å². The second-order valence-electron chi connectivity index (χ2n) is 8.09. The first-order valence-electron chi connectivity index (χ1n) is 10.7. The molecule has 5 nitrogen and oxygen atoms in total. The van der Waals surface area contributed by atoms with Crippen LogP contribution in [0.25, 0.3) is 0 Å². The summed E-state index contributed by atoms with van der Waals surface area (Å²) in [5, 5.41) is 6.36. The standard InChI is InChI=1S/C26H28N2O3/c1-31-25-12-5-3-8-19(25)15-21-13-14-23(24(17-29)28-21)26(30)27-16-20-10-6-9-18-7-2-4-11-22(18)20/h2-14,17,20-24,28H,15-16H2,1H3,(H,27,30). The number of carbonyl (C=O) groups is 2. The van der Waals surface area contributed by atoms with E-state index < -0.39 is 12.0 Å². The maximum Gasteiger partial charge on any atom is 0.228 e. The molecule has 2 aliphatic carbocycles. The van der Waals surface area contributed by atoms with Gasteiger partial charge in [0.15, 0.2) is 0 Å². The molecule has 0 spiro atoms. The summed E-state index contributed by atoms with van der Waals surface area (Å²) in [6, 6.07) is 7.24. The summed E-state index contributed by atoms with van der Waals surface area (Å²) in [4.78, 5) is 24.6. The van der Waals surface area contributed by atoms with E-state index in [0.29, 0.717) is 13.0 Å². The highest BCUT2D eigenvalue weighted by molar-refractivity contribution is 5.85. The van der Waals surface area contributed by atoms with Crippen LogP contribution in [0.3, 0.4) is 0 Å². The van der Waals surface area contributed by atoms with Gasteiger partial charge in [-0.1, -0.05) is 72.9 Å². The predicted molar refractivity (Wildman–Crippen MR) is 122 cm³/mol. The van der Waals surface area contributed by atoms with Crippen LogP contribution >= 0.6 is 0 Å². The van der Waals surface area contributed by atoms with E-state index in [4.69, 9.17) is 4.74 Å². The summed E-state index contributed by atoms with van der Waals surface area (Å²) in [7, 11) is 1.65. The lowest BCUT2D eigenvalue weighted by molar-refractivity contribution is -0.127. The average molecular weight is 417 g/mol. The zero-order valence-electron chi connectivity index (χ0n) is 17.6. The molecular weight excluding hydrogens is 388 g/mol. The monoisotopic (exact) mass is 416 g/mol. The quantitative estimate of drug-likeness (QED) is 0.530. The molecule has 0 radical (unpaired) electrons. The van der Waals surface area contributed by atoms with Crippen molar-refractivity contribution in [3.05, 3.63) is 90.1 Å².